The number of carboxylic acids is 1. The number of carboxylic acid groups (broad SMARTS) is 1. The average Bonchev–Trinajstić information content (AvgIpc) is 2.38. The van der Waals surface area contributed by atoms with E-state index in [4.69, 9.17) is 5.11 Å². The SMILES string of the molecule is CC(=O)NC(CS(=O)CCSc1ccccc1)C(=O)O. The molecular weight excluding hydrogens is 298 g/mol. The molecule has 0 aliphatic heterocycles. The van der Waals surface area contributed by atoms with Crippen LogP contribution in [-0.2, 0) is 20.4 Å². The average molecular weight is 315 g/mol. The summed E-state index contributed by atoms with van der Waals surface area (Å²) in [6.45, 7) is 1.24. The highest BCUT2D eigenvalue weighted by atomic mass is 32.2. The second-order valence-corrected chi connectivity index (χ2v) is 6.85. The zero-order chi connectivity index (χ0) is 15.0. The maximum atomic E-state index is 11.8. The predicted molar refractivity (Wildman–Crippen MR) is 80.3 cm³/mol. The Morgan fingerprint density at radius 3 is 2.55 bits per heavy atom. The Labute approximate surface area is 124 Å². The molecule has 0 fully saturated rings. The van der Waals surface area contributed by atoms with Crippen LogP contribution in [-0.4, -0.2) is 44.5 Å². The van der Waals surface area contributed by atoms with Gasteiger partial charge in [-0.25, -0.2) is 4.79 Å². The number of thioether (sulfide) groups is 1. The molecule has 2 atom stereocenters. The van der Waals surface area contributed by atoms with Crippen LogP contribution in [0.3, 0.4) is 0 Å². The number of rotatable bonds is 8. The molecule has 0 heterocycles. The summed E-state index contributed by atoms with van der Waals surface area (Å²) in [5, 5.41) is 11.2. The minimum absolute atomic E-state index is 0.0652. The highest BCUT2D eigenvalue weighted by Gasteiger charge is 2.20. The lowest BCUT2D eigenvalue weighted by Crippen LogP contribution is -2.43. The quantitative estimate of drug-likeness (QED) is 0.702. The summed E-state index contributed by atoms with van der Waals surface area (Å²) in [5.74, 6) is -0.631. The number of carbonyl (C=O) groups is 2. The van der Waals surface area contributed by atoms with Crippen LogP contribution in [0, 0.1) is 0 Å². The van der Waals surface area contributed by atoms with Crippen LogP contribution in [0.5, 0.6) is 0 Å². The molecule has 5 nitrogen and oxygen atoms in total. The van der Waals surface area contributed by atoms with Gasteiger partial charge in [-0.3, -0.25) is 9.00 Å². The van der Waals surface area contributed by atoms with E-state index in [0.717, 1.165) is 4.90 Å². The topological polar surface area (TPSA) is 83.5 Å². The van der Waals surface area contributed by atoms with Crippen molar-refractivity contribution in [3.8, 4) is 0 Å². The largest absolute Gasteiger partial charge is 0.480 e. The monoisotopic (exact) mass is 315 g/mol. The van der Waals surface area contributed by atoms with Gasteiger partial charge in [0.15, 0.2) is 0 Å². The van der Waals surface area contributed by atoms with Gasteiger partial charge < -0.3 is 10.4 Å². The number of carbonyl (C=O) groups excluding carboxylic acids is 1. The summed E-state index contributed by atoms with van der Waals surface area (Å²) in [7, 11) is -1.28. The summed E-state index contributed by atoms with van der Waals surface area (Å²) in [6, 6.07) is 8.62. The zero-order valence-electron chi connectivity index (χ0n) is 11.1. The van der Waals surface area contributed by atoms with Gasteiger partial charge in [0, 0.05) is 34.1 Å². The fourth-order valence-corrected chi connectivity index (χ4v) is 3.89. The first-order valence-electron chi connectivity index (χ1n) is 6.01. The van der Waals surface area contributed by atoms with Gasteiger partial charge in [-0.2, -0.15) is 0 Å². The number of amides is 1. The normalized spacial score (nSPS) is 13.4. The van der Waals surface area contributed by atoms with Crippen LogP contribution >= 0.6 is 11.8 Å². The van der Waals surface area contributed by atoms with Crippen molar-refractivity contribution >= 4 is 34.4 Å². The Balaban J connectivity index is 2.35. The highest BCUT2D eigenvalue weighted by molar-refractivity contribution is 8.00. The number of benzene rings is 1. The molecule has 1 rings (SSSR count). The number of hydrogen-bond acceptors (Lipinski definition) is 4. The standard InChI is InChI=1S/C13H17NO4S2/c1-10(15)14-12(13(16)17)9-20(18)8-7-19-11-5-3-2-4-6-11/h2-6,12H,7-9H2,1H3,(H,14,15)(H,16,17). The summed E-state index contributed by atoms with van der Waals surface area (Å²) in [4.78, 5) is 22.9. The van der Waals surface area contributed by atoms with E-state index in [2.05, 4.69) is 5.32 Å². The summed E-state index contributed by atoms with van der Waals surface area (Å²) < 4.78 is 11.8. The van der Waals surface area contributed by atoms with Crippen molar-refractivity contribution in [3.05, 3.63) is 30.3 Å². The van der Waals surface area contributed by atoms with Crippen LogP contribution < -0.4 is 5.32 Å². The van der Waals surface area contributed by atoms with E-state index in [1.165, 1.54) is 6.92 Å². The molecular formula is C13H17NO4S2. The third kappa shape index (κ3) is 6.72. The van der Waals surface area contributed by atoms with Crippen LogP contribution in [0.2, 0.25) is 0 Å². The second kappa shape index (κ2) is 8.76. The van der Waals surface area contributed by atoms with Crippen LogP contribution in [0.4, 0.5) is 0 Å². The van der Waals surface area contributed by atoms with Crippen molar-refractivity contribution in [2.45, 2.75) is 17.9 Å². The van der Waals surface area contributed by atoms with Gasteiger partial charge in [0.25, 0.3) is 0 Å². The van der Waals surface area contributed by atoms with Crippen molar-refractivity contribution in [2.24, 2.45) is 0 Å². The number of nitrogens with one attached hydrogen (secondary N) is 1. The van der Waals surface area contributed by atoms with E-state index in [-0.39, 0.29) is 5.75 Å². The van der Waals surface area contributed by atoms with Crippen molar-refractivity contribution in [3.63, 3.8) is 0 Å². The van der Waals surface area contributed by atoms with Crippen molar-refractivity contribution in [2.75, 3.05) is 17.3 Å². The molecule has 0 bridgehead atoms. The maximum Gasteiger partial charge on any atom is 0.327 e. The highest BCUT2D eigenvalue weighted by Crippen LogP contribution is 2.16. The van der Waals surface area contributed by atoms with Crippen LogP contribution in [0.25, 0.3) is 0 Å². The van der Waals surface area contributed by atoms with E-state index < -0.39 is 28.7 Å². The van der Waals surface area contributed by atoms with Crippen molar-refractivity contribution in [1.29, 1.82) is 0 Å². The Hall–Kier alpha value is -1.34. The molecule has 20 heavy (non-hydrogen) atoms. The van der Waals surface area contributed by atoms with Crippen molar-refractivity contribution < 1.29 is 18.9 Å². The molecule has 110 valence electrons. The Morgan fingerprint density at radius 1 is 1.35 bits per heavy atom. The van der Waals surface area contributed by atoms with E-state index >= 15 is 0 Å². The first kappa shape index (κ1) is 16.7. The van der Waals surface area contributed by atoms with E-state index in [1.54, 1.807) is 11.8 Å². The summed E-state index contributed by atoms with van der Waals surface area (Å²) in [6.07, 6.45) is 0. The van der Waals surface area contributed by atoms with Gasteiger partial charge >= 0.3 is 5.97 Å². The fraction of sp³-hybridized carbons (Fsp3) is 0.385. The Kier molecular flexibility index (Phi) is 7.32. The molecule has 0 saturated heterocycles. The smallest absolute Gasteiger partial charge is 0.327 e. The molecule has 2 unspecified atom stereocenters. The van der Waals surface area contributed by atoms with Crippen LogP contribution in [0.15, 0.2) is 35.2 Å². The minimum Gasteiger partial charge on any atom is -0.480 e. The van der Waals surface area contributed by atoms with Gasteiger partial charge in [0.2, 0.25) is 5.91 Å². The van der Waals surface area contributed by atoms with E-state index in [0.29, 0.717) is 11.5 Å². The second-order valence-electron chi connectivity index (χ2n) is 4.06. The van der Waals surface area contributed by atoms with Gasteiger partial charge in [0.05, 0.1) is 5.75 Å². The number of aliphatic carboxylic acids is 1. The molecule has 0 aliphatic carbocycles. The van der Waals surface area contributed by atoms with Gasteiger partial charge in [-0.15, -0.1) is 11.8 Å². The molecule has 7 heteroatoms. The third-order valence-corrected chi connectivity index (χ3v) is 4.99. The minimum atomic E-state index is -1.28. The van der Waals surface area contributed by atoms with Crippen molar-refractivity contribution in [1.82, 2.24) is 5.32 Å². The molecule has 0 aromatic heterocycles. The Morgan fingerprint density at radius 2 is 2.00 bits per heavy atom. The zero-order valence-corrected chi connectivity index (χ0v) is 12.7. The molecule has 0 spiro atoms. The van der Waals surface area contributed by atoms with Gasteiger partial charge in [0.1, 0.15) is 6.04 Å². The lowest BCUT2D eigenvalue weighted by molar-refractivity contribution is -0.140. The van der Waals surface area contributed by atoms with Gasteiger partial charge in [-0.05, 0) is 12.1 Å². The summed E-state index contributed by atoms with van der Waals surface area (Å²) in [5.41, 5.74) is 0. The first-order chi connectivity index (χ1) is 9.49. The molecule has 1 aromatic rings. The molecule has 1 aromatic carbocycles. The molecule has 1 amide bonds. The lowest BCUT2D eigenvalue weighted by atomic mass is 10.3. The van der Waals surface area contributed by atoms with E-state index in [9.17, 15) is 13.8 Å². The molecule has 2 N–H and O–H groups in total. The Bertz CT molecular complexity index is 479. The summed E-state index contributed by atoms with van der Waals surface area (Å²) >= 11 is 1.57. The molecule has 0 aliphatic rings. The number of hydrogen-bond donors (Lipinski definition) is 2. The molecule has 0 saturated carbocycles. The maximum absolute atomic E-state index is 11.8. The fourth-order valence-electron chi connectivity index (χ4n) is 1.46. The van der Waals surface area contributed by atoms with Crippen LogP contribution in [0.1, 0.15) is 6.92 Å². The predicted octanol–water partition coefficient (Wildman–Crippen LogP) is 1.12. The lowest BCUT2D eigenvalue weighted by Gasteiger charge is -2.12. The first-order valence-corrected chi connectivity index (χ1v) is 8.49. The van der Waals surface area contributed by atoms with E-state index in [1.807, 2.05) is 30.3 Å². The molecule has 0 radical (unpaired) electrons. The third-order valence-electron chi connectivity index (χ3n) is 2.35. The van der Waals surface area contributed by atoms with Gasteiger partial charge in [-0.1, -0.05) is 18.2 Å².